The second-order valence-electron chi connectivity index (χ2n) is 5.67. The van der Waals surface area contributed by atoms with Gasteiger partial charge in [0.1, 0.15) is 0 Å². The van der Waals surface area contributed by atoms with Crippen LogP contribution in [0.2, 0.25) is 0 Å². The van der Waals surface area contributed by atoms with Crippen LogP contribution in [0.5, 0.6) is 0 Å². The molecule has 2 atom stereocenters. The van der Waals surface area contributed by atoms with Crippen LogP contribution >= 0.6 is 0 Å². The molecule has 0 saturated carbocycles. The summed E-state index contributed by atoms with van der Waals surface area (Å²) in [7, 11) is -3.01. The van der Waals surface area contributed by atoms with Gasteiger partial charge in [-0.2, -0.15) is 0 Å². The average molecular weight is 310 g/mol. The van der Waals surface area contributed by atoms with Gasteiger partial charge in [0.2, 0.25) is 5.91 Å². The number of rotatable bonds is 4. The van der Waals surface area contributed by atoms with E-state index in [-0.39, 0.29) is 35.9 Å². The van der Waals surface area contributed by atoms with Crippen LogP contribution in [0.3, 0.4) is 0 Å². The van der Waals surface area contributed by atoms with Crippen LogP contribution in [-0.2, 0) is 14.6 Å². The Morgan fingerprint density at radius 2 is 2.05 bits per heavy atom. The van der Waals surface area contributed by atoms with Crippen molar-refractivity contribution in [1.82, 2.24) is 10.6 Å². The minimum Gasteiger partial charge on any atom is -0.350 e. The van der Waals surface area contributed by atoms with Gasteiger partial charge >= 0.3 is 0 Å². The number of amides is 1. The van der Waals surface area contributed by atoms with Crippen LogP contribution in [-0.4, -0.2) is 38.4 Å². The molecule has 1 fully saturated rings. The van der Waals surface area contributed by atoms with Gasteiger partial charge in [0.05, 0.1) is 17.5 Å². The van der Waals surface area contributed by atoms with Gasteiger partial charge in [-0.25, -0.2) is 8.42 Å². The van der Waals surface area contributed by atoms with Crippen molar-refractivity contribution < 1.29 is 13.2 Å². The Hall–Kier alpha value is -1.40. The van der Waals surface area contributed by atoms with Gasteiger partial charge in [0.15, 0.2) is 9.84 Å². The molecule has 1 aliphatic rings. The number of hydrogen-bond acceptors (Lipinski definition) is 4. The summed E-state index contributed by atoms with van der Waals surface area (Å²) in [4.78, 5) is 12.0. The smallest absolute Gasteiger partial charge is 0.222 e. The third kappa shape index (κ3) is 4.82. The van der Waals surface area contributed by atoms with Crippen molar-refractivity contribution in [3.05, 3.63) is 35.4 Å². The molecule has 1 aromatic carbocycles. The molecule has 2 rings (SSSR count). The van der Waals surface area contributed by atoms with Crippen molar-refractivity contribution in [1.29, 1.82) is 0 Å². The van der Waals surface area contributed by atoms with E-state index in [1.54, 1.807) is 0 Å². The number of sulfone groups is 1. The van der Waals surface area contributed by atoms with E-state index in [2.05, 4.69) is 10.6 Å². The van der Waals surface area contributed by atoms with Crippen molar-refractivity contribution in [2.45, 2.75) is 32.4 Å². The molecule has 1 heterocycles. The summed E-state index contributed by atoms with van der Waals surface area (Å²) in [5.41, 5.74) is 2.21. The molecule has 0 aliphatic carbocycles. The van der Waals surface area contributed by atoms with Crippen LogP contribution < -0.4 is 10.6 Å². The van der Waals surface area contributed by atoms with Gasteiger partial charge in [-0.3, -0.25) is 4.79 Å². The molecule has 0 bridgehead atoms. The number of carbonyl (C=O) groups excluding carboxylic acids is 1. The first-order chi connectivity index (χ1) is 9.85. The molecular weight excluding hydrogens is 288 g/mol. The lowest BCUT2D eigenvalue weighted by atomic mass is 10.1. The summed E-state index contributed by atoms with van der Waals surface area (Å²) in [6.45, 7) is 4.36. The summed E-state index contributed by atoms with van der Waals surface area (Å²) in [5.74, 6) is 0.0715. The summed E-state index contributed by atoms with van der Waals surface area (Å²) in [6, 6.07) is 7.63. The van der Waals surface area contributed by atoms with Crippen molar-refractivity contribution in [2.24, 2.45) is 0 Å². The minimum atomic E-state index is -3.01. The molecule has 0 spiro atoms. The lowest BCUT2D eigenvalue weighted by Gasteiger charge is -2.24. The Morgan fingerprint density at radius 1 is 1.38 bits per heavy atom. The highest BCUT2D eigenvalue weighted by Crippen LogP contribution is 2.14. The highest BCUT2D eigenvalue weighted by atomic mass is 32.2. The van der Waals surface area contributed by atoms with E-state index in [0.717, 1.165) is 5.56 Å². The Morgan fingerprint density at radius 3 is 2.67 bits per heavy atom. The van der Waals surface area contributed by atoms with E-state index in [1.165, 1.54) is 5.56 Å². The fourth-order valence-electron chi connectivity index (χ4n) is 2.46. The molecule has 0 radical (unpaired) electrons. The van der Waals surface area contributed by atoms with Crippen molar-refractivity contribution in [3.8, 4) is 0 Å². The summed E-state index contributed by atoms with van der Waals surface area (Å²) in [5, 5.41) is 6.00. The lowest BCUT2D eigenvalue weighted by Crippen LogP contribution is -2.47. The van der Waals surface area contributed by atoms with E-state index >= 15 is 0 Å². The van der Waals surface area contributed by atoms with Crippen molar-refractivity contribution in [3.63, 3.8) is 0 Å². The number of aryl methyl sites for hydroxylation is 1. The van der Waals surface area contributed by atoms with Crippen LogP contribution in [0.1, 0.15) is 30.5 Å². The number of benzene rings is 1. The zero-order valence-corrected chi connectivity index (χ0v) is 13.2. The van der Waals surface area contributed by atoms with E-state index in [9.17, 15) is 13.2 Å². The molecule has 21 heavy (non-hydrogen) atoms. The zero-order chi connectivity index (χ0) is 15.5. The Balaban J connectivity index is 1.88. The highest BCUT2D eigenvalue weighted by molar-refractivity contribution is 7.91. The van der Waals surface area contributed by atoms with E-state index in [0.29, 0.717) is 6.54 Å². The minimum absolute atomic E-state index is 0.0410. The predicted molar refractivity (Wildman–Crippen MR) is 82.8 cm³/mol. The Kier molecular flexibility index (Phi) is 5.00. The first-order valence-corrected chi connectivity index (χ1v) is 8.97. The van der Waals surface area contributed by atoms with E-state index < -0.39 is 9.84 Å². The normalized spacial score (nSPS) is 22.5. The van der Waals surface area contributed by atoms with Gasteiger partial charge in [-0.1, -0.05) is 29.8 Å². The topological polar surface area (TPSA) is 75.3 Å². The predicted octanol–water partition coefficient (Wildman–Crippen LogP) is 0.949. The fraction of sp³-hybridized carbons (Fsp3) is 0.533. The second kappa shape index (κ2) is 6.58. The molecular formula is C15H22N2O3S. The SMILES string of the molecule is Cc1ccc([C@H](C)NC(=O)CC2CS(=O)(=O)CCN2)cc1. The standard InChI is InChI=1S/C15H22N2O3S/c1-11-3-5-13(6-4-11)12(2)17-15(18)9-14-10-21(19,20)8-7-16-14/h3-6,12,14,16H,7-10H2,1-2H3,(H,17,18)/t12-,14?/m0/s1. The number of hydrogen-bond donors (Lipinski definition) is 2. The number of nitrogens with one attached hydrogen (secondary N) is 2. The van der Waals surface area contributed by atoms with Crippen molar-refractivity contribution >= 4 is 15.7 Å². The lowest BCUT2D eigenvalue weighted by molar-refractivity contribution is -0.122. The van der Waals surface area contributed by atoms with Gasteiger partial charge in [-0.15, -0.1) is 0 Å². The largest absolute Gasteiger partial charge is 0.350 e. The molecule has 1 saturated heterocycles. The summed E-state index contributed by atoms with van der Waals surface area (Å²) in [6.07, 6.45) is 0.190. The summed E-state index contributed by atoms with van der Waals surface area (Å²) < 4.78 is 23.1. The highest BCUT2D eigenvalue weighted by Gasteiger charge is 2.26. The summed E-state index contributed by atoms with van der Waals surface area (Å²) >= 11 is 0. The van der Waals surface area contributed by atoms with Crippen LogP contribution in [0.15, 0.2) is 24.3 Å². The molecule has 116 valence electrons. The molecule has 1 unspecified atom stereocenters. The third-order valence-electron chi connectivity index (χ3n) is 3.69. The van der Waals surface area contributed by atoms with Crippen LogP contribution in [0.25, 0.3) is 0 Å². The Labute approximate surface area is 126 Å². The van der Waals surface area contributed by atoms with Gasteiger partial charge in [0, 0.05) is 19.0 Å². The van der Waals surface area contributed by atoms with E-state index in [4.69, 9.17) is 0 Å². The maximum absolute atomic E-state index is 12.0. The van der Waals surface area contributed by atoms with Gasteiger partial charge in [0.25, 0.3) is 0 Å². The van der Waals surface area contributed by atoms with Crippen LogP contribution in [0.4, 0.5) is 0 Å². The molecule has 6 heteroatoms. The van der Waals surface area contributed by atoms with Gasteiger partial charge < -0.3 is 10.6 Å². The number of carbonyl (C=O) groups is 1. The average Bonchev–Trinajstić information content (AvgIpc) is 2.37. The molecule has 5 nitrogen and oxygen atoms in total. The monoisotopic (exact) mass is 310 g/mol. The first-order valence-electron chi connectivity index (χ1n) is 7.15. The second-order valence-corrected chi connectivity index (χ2v) is 7.90. The van der Waals surface area contributed by atoms with Crippen LogP contribution in [0, 0.1) is 6.92 Å². The molecule has 2 N–H and O–H groups in total. The maximum atomic E-state index is 12.0. The molecule has 1 aliphatic heterocycles. The first kappa shape index (κ1) is 16.0. The fourth-order valence-corrected chi connectivity index (χ4v) is 3.91. The van der Waals surface area contributed by atoms with Gasteiger partial charge in [-0.05, 0) is 19.4 Å². The Bertz CT molecular complexity index is 596. The molecule has 1 aromatic rings. The van der Waals surface area contributed by atoms with E-state index in [1.807, 2.05) is 38.1 Å². The third-order valence-corrected chi connectivity index (χ3v) is 5.42. The molecule has 0 aromatic heterocycles. The maximum Gasteiger partial charge on any atom is 0.222 e. The quantitative estimate of drug-likeness (QED) is 0.868. The van der Waals surface area contributed by atoms with Crippen molar-refractivity contribution in [2.75, 3.05) is 18.1 Å². The molecule has 1 amide bonds. The zero-order valence-electron chi connectivity index (χ0n) is 12.4.